The van der Waals surface area contributed by atoms with Crippen LogP contribution in [-0.4, -0.2) is 15.0 Å². The van der Waals surface area contributed by atoms with Gasteiger partial charge in [-0.25, -0.2) is 15.0 Å². The molecule has 3 heterocycles. The Morgan fingerprint density at radius 2 is 0.859 bits per heavy atom. The fourth-order valence-corrected chi connectivity index (χ4v) is 11.6. The van der Waals surface area contributed by atoms with Crippen molar-refractivity contribution in [3.63, 3.8) is 0 Å². The molecule has 13 rings (SSSR count). The maximum absolute atomic E-state index is 5.64. The van der Waals surface area contributed by atoms with Crippen LogP contribution in [0.2, 0.25) is 0 Å². The van der Waals surface area contributed by atoms with Gasteiger partial charge in [-0.3, -0.25) is 0 Å². The lowest BCUT2D eigenvalue weighted by Crippen LogP contribution is -2.32. The smallest absolute Gasteiger partial charge is 0.160 e. The number of hydrogen-bond acceptors (Lipinski definition) is 4. The number of rotatable bonds is 5. The molecule has 64 heavy (non-hydrogen) atoms. The molecule has 0 fully saturated rings. The summed E-state index contributed by atoms with van der Waals surface area (Å²) in [5.74, 6) is 0.708. The van der Waals surface area contributed by atoms with Crippen LogP contribution in [0.4, 0.5) is 0 Å². The van der Waals surface area contributed by atoms with Crippen molar-refractivity contribution in [2.45, 2.75) is 15.2 Å². The Morgan fingerprint density at radius 1 is 0.344 bits per heavy atom. The quantitative estimate of drug-likeness (QED) is 0.162. The van der Waals surface area contributed by atoms with E-state index in [0.29, 0.717) is 5.82 Å². The van der Waals surface area contributed by atoms with E-state index in [1.807, 2.05) is 48.2 Å². The third kappa shape index (κ3) is 5.59. The summed E-state index contributed by atoms with van der Waals surface area (Å²) < 4.78 is 0. The SMILES string of the molecule is c1ccc(-c2cc(-c3ccc(-c4ccc5c(c4)nc(-c4ccccc4)c4c6c(ccc45)C4(c5ccccc5S6)c5ccccc5-c5ccccc54)cc3)nc(-c3ccccc3)n2)cc1. The van der Waals surface area contributed by atoms with Gasteiger partial charge in [-0.05, 0) is 68.1 Å². The zero-order chi connectivity index (χ0) is 42.2. The van der Waals surface area contributed by atoms with Crippen molar-refractivity contribution in [2.24, 2.45) is 0 Å². The Bertz CT molecular complexity index is 3520. The molecular weight excluding hydrogens is 795 g/mol. The van der Waals surface area contributed by atoms with Crippen LogP contribution in [0.5, 0.6) is 0 Å². The van der Waals surface area contributed by atoms with Crippen LogP contribution in [-0.2, 0) is 5.41 Å². The van der Waals surface area contributed by atoms with Crippen LogP contribution in [0.3, 0.4) is 0 Å². The van der Waals surface area contributed by atoms with Crippen LogP contribution in [0, 0.1) is 0 Å². The number of pyridine rings is 1. The largest absolute Gasteiger partial charge is 0.247 e. The first-order valence-corrected chi connectivity index (χ1v) is 22.6. The Balaban J connectivity index is 0.974. The van der Waals surface area contributed by atoms with Crippen molar-refractivity contribution < 1.29 is 0 Å². The average molecular weight is 832 g/mol. The summed E-state index contributed by atoms with van der Waals surface area (Å²) in [5, 5.41) is 3.54. The van der Waals surface area contributed by atoms with Gasteiger partial charge in [0.1, 0.15) is 0 Å². The second-order valence-electron chi connectivity index (χ2n) is 16.6. The Morgan fingerprint density at radius 3 is 1.53 bits per heavy atom. The van der Waals surface area contributed by atoms with Crippen LogP contribution < -0.4 is 0 Å². The highest BCUT2D eigenvalue weighted by Crippen LogP contribution is 2.63. The zero-order valence-corrected chi connectivity index (χ0v) is 35.4. The van der Waals surface area contributed by atoms with Crippen LogP contribution in [0.25, 0.3) is 89.1 Å². The number of nitrogens with zero attached hydrogens (tertiary/aromatic N) is 3. The van der Waals surface area contributed by atoms with Gasteiger partial charge >= 0.3 is 0 Å². The molecule has 2 aromatic heterocycles. The average Bonchev–Trinajstić information content (AvgIpc) is 3.67. The Hall–Kier alpha value is -7.92. The second kappa shape index (κ2) is 14.6. The Labute approximate surface area is 375 Å². The molecule has 0 atom stereocenters. The predicted octanol–water partition coefficient (Wildman–Crippen LogP) is 15.3. The van der Waals surface area contributed by atoms with Gasteiger partial charge in [0.2, 0.25) is 0 Å². The molecule has 0 radical (unpaired) electrons. The first kappa shape index (κ1) is 36.7. The number of hydrogen-bond donors (Lipinski definition) is 0. The maximum Gasteiger partial charge on any atom is 0.160 e. The summed E-state index contributed by atoms with van der Waals surface area (Å²) in [5.41, 5.74) is 17.6. The standard InChI is InChI=1S/C60H37N3S/c1-4-16-39(17-5-1)52-37-53(63-59(62-52)42-20-8-3-9-21-42)40-30-28-38(29-31-40)43-32-33-46-47-34-35-51-58(56(47)57(61-54(46)36-43)41-18-6-2-7-19-41)64-55-27-15-14-26-50(55)60(51)48-24-12-10-22-44(48)45-23-11-13-25-49(45)60/h1-37H. The molecule has 2 aliphatic rings. The fourth-order valence-electron chi connectivity index (χ4n) is 10.3. The zero-order valence-electron chi connectivity index (χ0n) is 34.6. The van der Waals surface area contributed by atoms with Crippen LogP contribution >= 0.6 is 11.8 Å². The summed E-state index contributed by atoms with van der Waals surface area (Å²) >= 11 is 1.89. The lowest BCUT2D eigenvalue weighted by molar-refractivity contribution is 0.726. The van der Waals surface area contributed by atoms with Gasteiger partial charge in [0.05, 0.1) is 28.0 Å². The van der Waals surface area contributed by atoms with E-state index in [4.69, 9.17) is 15.0 Å². The molecular formula is C60H37N3S. The minimum Gasteiger partial charge on any atom is -0.247 e. The number of fused-ring (bicyclic) bond motifs is 13. The van der Waals surface area contributed by atoms with Crippen molar-refractivity contribution in [3.8, 4) is 67.4 Å². The topological polar surface area (TPSA) is 38.7 Å². The minimum atomic E-state index is -0.463. The lowest BCUT2D eigenvalue weighted by Gasteiger charge is -2.40. The van der Waals surface area contributed by atoms with Gasteiger partial charge in [-0.15, -0.1) is 0 Å². The van der Waals surface area contributed by atoms with Crippen molar-refractivity contribution in [1.29, 1.82) is 0 Å². The summed E-state index contributed by atoms with van der Waals surface area (Å²) in [6, 6.07) is 80.7. The van der Waals surface area contributed by atoms with Crippen molar-refractivity contribution in [3.05, 3.63) is 247 Å². The molecule has 0 unspecified atom stereocenters. The molecule has 9 aromatic carbocycles. The second-order valence-corrected chi connectivity index (χ2v) is 17.7. The number of aromatic nitrogens is 3. The van der Waals surface area contributed by atoms with E-state index in [-0.39, 0.29) is 0 Å². The Kier molecular flexibility index (Phi) is 8.37. The molecule has 4 heteroatoms. The predicted molar refractivity (Wildman–Crippen MR) is 263 cm³/mol. The van der Waals surface area contributed by atoms with Gasteiger partial charge in [-0.1, -0.05) is 218 Å². The minimum absolute atomic E-state index is 0.463. The molecule has 0 saturated carbocycles. The fraction of sp³-hybridized carbons (Fsp3) is 0.0167. The molecule has 11 aromatic rings. The van der Waals surface area contributed by atoms with E-state index >= 15 is 0 Å². The van der Waals surface area contributed by atoms with E-state index in [2.05, 4.69) is 188 Å². The molecule has 1 aliphatic heterocycles. The van der Waals surface area contributed by atoms with Crippen molar-refractivity contribution in [2.75, 3.05) is 0 Å². The third-order valence-electron chi connectivity index (χ3n) is 13.2. The van der Waals surface area contributed by atoms with Gasteiger partial charge < -0.3 is 0 Å². The third-order valence-corrected chi connectivity index (χ3v) is 14.4. The number of benzene rings is 9. The van der Waals surface area contributed by atoms with Gasteiger partial charge in [-0.2, -0.15) is 0 Å². The summed E-state index contributed by atoms with van der Waals surface area (Å²) in [6.45, 7) is 0. The molecule has 298 valence electrons. The van der Waals surface area contributed by atoms with E-state index in [1.165, 1.54) is 53.9 Å². The highest BCUT2D eigenvalue weighted by atomic mass is 32.2. The van der Waals surface area contributed by atoms with Crippen molar-refractivity contribution in [1.82, 2.24) is 15.0 Å². The molecule has 0 bridgehead atoms. The first-order valence-electron chi connectivity index (χ1n) is 21.8. The van der Waals surface area contributed by atoms with Gasteiger partial charge in [0.15, 0.2) is 5.82 Å². The van der Waals surface area contributed by atoms with Crippen LogP contribution in [0.15, 0.2) is 234 Å². The lowest BCUT2D eigenvalue weighted by atomic mass is 9.67. The van der Waals surface area contributed by atoms with E-state index < -0.39 is 5.41 Å². The molecule has 1 spiro atoms. The molecule has 1 aliphatic carbocycles. The molecule has 0 amide bonds. The normalized spacial score (nSPS) is 13.1. The van der Waals surface area contributed by atoms with Crippen molar-refractivity contribution >= 4 is 33.4 Å². The monoisotopic (exact) mass is 831 g/mol. The highest BCUT2D eigenvalue weighted by Gasteiger charge is 2.50. The summed E-state index contributed by atoms with van der Waals surface area (Å²) in [4.78, 5) is 18.3. The first-order chi connectivity index (χ1) is 31.7. The van der Waals surface area contributed by atoms with E-state index in [1.54, 1.807) is 0 Å². The van der Waals surface area contributed by atoms with Crippen LogP contribution in [0.1, 0.15) is 22.3 Å². The summed E-state index contributed by atoms with van der Waals surface area (Å²) in [6.07, 6.45) is 0. The van der Waals surface area contributed by atoms with E-state index in [0.717, 1.165) is 61.4 Å². The van der Waals surface area contributed by atoms with E-state index in [9.17, 15) is 0 Å². The molecule has 0 saturated heterocycles. The highest BCUT2D eigenvalue weighted by molar-refractivity contribution is 7.99. The van der Waals surface area contributed by atoms with Gasteiger partial charge in [0.25, 0.3) is 0 Å². The van der Waals surface area contributed by atoms with Gasteiger partial charge in [0, 0.05) is 42.8 Å². The maximum atomic E-state index is 5.64. The molecule has 3 nitrogen and oxygen atoms in total. The molecule has 0 N–H and O–H groups in total. The summed E-state index contributed by atoms with van der Waals surface area (Å²) in [7, 11) is 0.